The van der Waals surface area contributed by atoms with E-state index < -0.39 is 17.9 Å². The summed E-state index contributed by atoms with van der Waals surface area (Å²) in [7, 11) is 0. The highest BCUT2D eigenvalue weighted by Crippen LogP contribution is 2.20. The number of amides is 1. The average Bonchev–Trinajstić information content (AvgIpc) is 3.25. The largest absolute Gasteiger partial charge is 0.480 e. The van der Waals surface area contributed by atoms with Gasteiger partial charge in [-0.05, 0) is 29.7 Å². The van der Waals surface area contributed by atoms with Gasteiger partial charge in [-0.2, -0.15) is 0 Å². The summed E-state index contributed by atoms with van der Waals surface area (Å²) in [6.45, 7) is 3.94. The maximum absolute atomic E-state index is 12.5. The number of H-pyrrole nitrogens is 1. The van der Waals surface area contributed by atoms with Crippen molar-refractivity contribution >= 4 is 22.8 Å². The quantitative estimate of drug-likeness (QED) is 0.606. The topological polar surface area (TPSA) is 95.3 Å². The van der Waals surface area contributed by atoms with Crippen LogP contribution < -0.4 is 5.32 Å². The SMILES string of the molecule is CCc1cc(C(=O)NC(Cc2c[nH]c3ccccc23)C(=O)O)oc1CC. The van der Waals surface area contributed by atoms with Gasteiger partial charge in [-0.25, -0.2) is 4.79 Å². The van der Waals surface area contributed by atoms with E-state index in [4.69, 9.17) is 4.42 Å². The molecule has 0 saturated heterocycles. The minimum absolute atomic E-state index is 0.156. The maximum Gasteiger partial charge on any atom is 0.326 e. The highest BCUT2D eigenvalue weighted by molar-refractivity contribution is 5.95. The monoisotopic (exact) mass is 354 g/mol. The van der Waals surface area contributed by atoms with Crippen LogP contribution in [0.4, 0.5) is 0 Å². The normalized spacial score (nSPS) is 12.2. The van der Waals surface area contributed by atoms with Gasteiger partial charge in [0, 0.05) is 29.9 Å². The second-order valence-electron chi connectivity index (χ2n) is 6.19. The number of carbonyl (C=O) groups excluding carboxylic acids is 1. The summed E-state index contributed by atoms with van der Waals surface area (Å²) in [5, 5.41) is 13.1. The summed E-state index contributed by atoms with van der Waals surface area (Å²) in [5.41, 5.74) is 2.75. The van der Waals surface area contributed by atoms with Gasteiger partial charge in [-0.15, -0.1) is 0 Å². The van der Waals surface area contributed by atoms with E-state index in [0.717, 1.165) is 34.2 Å². The van der Waals surface area contributed by atoms with Crippen LogP contribution in [0.25, 0.3) is 10.9 Å². The Balaban J connectivity index is 1.79. The van der Waals surface area contributed by atoms with Gasteiger partial charge in [0.2, 0.25) is 0 Å². The third kappa shape index (κ3) is 3.49. The average molecular weight is 354 g/mol. The fourth-order valence-electron chi connectivity index (χ4n) is 3.13. The van der Waals surface area contributed by atoms with Crippen molar-refractivity contribution in [3.63, 3.8) is 0 Å². The van der Waals surface area contributed by atoms with E-state index >= 15 is 0 Å². The van der Waals surface area contributed by atoms with Gasteiger partial charge in [0.1, 0.15) is 11.8 Å². The molecule has 2 heterocycles. The molecule has 0 bridgehead atoms. The third-order valence-electron chi connectivity index (χ3n) is 4.52. The number of nitrogens with one attached hydrogen (secondary N) is 2. The van der Waals surface area contributed by atoms with Gasteiger partial charge in [-0.1, -0.05) is 32.0 Å². The van der Waals surface area contributed by atoms with Crippen molar-refractivity contribution in [2.75, 3.05) is 0 Å². The van der Waals surface area contributed by atoms with Gasteiger partial charge in [0.05, 0.1) is 0 Å². The van der Waals surface area contributed by atoms with Crippen molar-refractivity contribution in [1.29, 1.82) is 0 Å². The number of hydrogen-bond donors (Lipinski definition) is 3. The van der Waals surface area contributed by atoms with Crippen LogP contribution >= 0.6 is 0 Å². The van der Waals surface area contributed by atoms with Crippen LogP contribution in [0.15, 0.2) is 40.9 Å². The number of benzene rings is 1. The lowest BCUT2D eigenvalue weighted by atomic mass is 10.0. The van der Waals surface area contributed by atoms with Crippen molar-refractivity contribution < 1.29 is 19.1 Å². The first-order valence-electron chi connectivity index (χ1n) is 8.73. The molecule has 0 aliphatic carbocycles. The zero-order valence-electron chi connectivity index (χ0n) is 14.8. The molecule has 0 fully saturated rings. The van der Waals surface area contributed by atoms with Crippen molar-refractivity contribution in [2.24, 2.45) is 0 Å². The molecule has 0 radical (unpaired) electrons. The van der Waals surface area contributed by atoms with Crippen LogP contribution in [-0.2, 0) is 24.1 Å². The molecular weight excluding hydrogens is 332 g/mol. The molecule has 0 saturated carbocycles. The first-order valence-corrected chi connectivity index (χ1v) is 8.73. The Morgan fingerprint density at radius 2 is 1.96 bits per heavy atom. The van der Waals surface area contributed by atoms with Crippen molar-refractivity contribution in [3.05, 3.63) is 59.2 Å². The zero-order chi connectivity index (χ0) is 18.7. The van der Waals surface area contributed by atoms with Gasteiger partial charge >= 0.3 is 5.97 Å². The van der Waals surface area contributed by atoms with Gasteiger partial charge in [0.25, 0.3) is 5.91 Å². The smallest absolute Gasteiger partial charge is 0.326 e. The molecule has 0 aliphatic heterocycles. The molecule has 3 rings (SSSR count). The van der Waals surface area contributed by atoms with E-state index in [1.54, 1.807) is 12.3 Å². The molecular formula is C20H22N2O4. The summed E-state index contributed by atoms with van der Waals surface area (Å²) >= 11 is 0. The van der Waals surface area contributed by atoms with Crippen LogP contribution in [-0.4, -0.2) is 28.0 Å². The predicted molar refractivity (Wildman–Crippen MR) is 98.4 cm³/mol. The van der Waals surface area contributed by atoms with Gasteiger partial charge in [0.15, 0.2) is 5.76 Å². The number of aromatic nitrogens is 1. The number of carbonyl (C=O) groups is 2. The van der Waals surface area contributed by atoms with E-state index in [2.05, 4.69) is 10.3 Å². The number of carboxylic acid groups (broad SMARTS) is 1. The number of para-hydroxylation sites is 1. The number of furan rings is 1. The molecule has 3 N–H and O–H groups in total. The molecule has 136 valence electrons. The molecule has 1 amide bonds. The Hall–Kier alpha value is -3.02. The number of aromatic amines is 1. The highest BCUT2D eigenvalue weighted by Gasteiger charge is 2.24. The molecule has 3 aromatic rings. The summed E-state index contributed by atoms with van der Waals surface area (Å²) in [5.74, 6) is -0.668. The fraction of sp³-hybridized carbons (Fsp3) is 0.300. The Morgan fingerprint density at radius 3 is 2.62 bits per heavy atom. The second-order valence-corrected chi connectivity index (χ2v) is 6.19. The molecule has 2 aromatic heterocycles. The molecule has 0 spiro atoms. The Morgan fingerprint density at radius 1 is 1.19 bits per heavy atom. The molecule has 1 atom stereocenters. The van der Waals surface area contributed by atoms with Crippen LogP contribution in [0.2, 0.25) is 0 Å². The number of rotatable bonds is 7. The molecule has 26 heavy (non-hydrogen) atoms. The summed E-state index contributed by atoms with van der Waals surface area (Å²) in [4.78, 5) is 27.2. The molecule has 1 aromatic carbocycles. The van der Waals surface area contributed by atoms with Crippen molar-refractivity contribution in [2.45, 2.75) is 39.2 Å². The maximum atomic E-state index is 12.5. The van der Waals surface area contributed by atoms with Crippen LogP contribution in [0, 0.1) is 0 Å². The standard InChI is InChI=1S/C20H22N2O4/c1-3-12-10-18(26-17(12)4-2)19(23)22-16(20(24)25)9-13-11-21-15-8-6-5-7-14(13)15/h5-8,10-11,16,21H,3-4,9H2,1-2H3,(H,22,23)(H,24,25). The predicted octanol–water partition coefficient (Wildman–Crippen LogP) is 3.31. The van der Waals surface area contributed by atoms with E-state index in [-0.39, 0.29) is 12.2 Å². The van der Waals surface area contributed by atoms with Crippen LogP contribution in [0.5, 0.6) is 0 Å². The Kier molecular flexibility index (Phi) is 5.11. The number of hydrogen-bond acceptors (Lipinski definition) is 3. The first kappa shape index (κ1) is 17.8. The minimum atomic E-state index is -1.08. The molecule has 0 aliphatic rings. The molecule has 6 nitrogen and oxygen atoms in total. The Labute approximate surface area is 151 Å². The lowest BCUT2D eigenvalue weighted by Gasteiger charge is -2.13. The van der Waals surface area contributed by atoms with Crippen molar-refractivity contribution in [1.82, 2.24) is 10.3 Å². The lowest BCUT2D eigenvalue weighted by molar-refractivity contribution is -0.139. The van der Waals surface area contributed by atoms with E-state index in [0.29, 0.717) is 6.42 Å². The summed E-state index contributed by atoms with van der Waals surface area (Å²) in [6.07, 6.45) is 3.42. The number of aliphatic carboxylic acids is 1. The number of carboxylic acids is 1. The first-order chi connectivity index (χ1) is 12.5. The number of fused-ring (bicyclic) bond motifs is 1. The van der Waals surface area contributed by atoms with Crippen LogP contribution in [0.1, 0.15) is 41.3 Å². The zero-order valence-corrected chi connectivity index (χ0v) is 14.8. The lowest BCUT2D eigenvalue weighted by Crippen LogP contribution is -2.42. The third-order valence-corrected chi connectivity index (χ3v) is 4.52. The van der Waals surface area contributed by atoms with Gasteiger partial charge < -0.3 is 19.8 Å². The minimum Gasteiger partial charge on any atom is -0.480 e. The molecule has 1 unspecified atom stereocenters. The summed E-state index contributed by atoms with van der Waals surface area (Å²) < 4.78 is 5.59. The fourth-order valence-corrected chi connectivity index (χ4v) is 3.13. The van der Waals surface area contributed by atoms with E-state index in [1.807, 2.05) is 38.1 Å². The summed E-state index contributed by atoms with van der Waals surface area (Å²) in [6, 6.07) is 8.31. The van der Waals surface area contributed by atoms with Crippen molar-refractivity contribution in [3.8, 4) is 0 Å². The number of aryl methyl sites for hydroxylation is 2. The van der Waals surface area contributed by atoms with Crippen LogP contribution in [0.3, 0.4) is 0 Å². The van der Waals surface area contributed by atoms with E-state index in [9.17, 15) is 14.7 Å². The highest BCUT2D eigenvalue weighted by atomic mass is 16.4. The second kappa shape index (κ2) is 7.47. The molecule has 6 heteroatoms. The Bertz CT molecular complexity index is 917. The van der Waals surface area contributed by atoms with E-state index in [1.165, 1.54) is 0 Å². The van der Waals surface area contributed by atoms with Gasteiger partial charge in [-0.3, -0.25) is 4.79 Å².